The standard InChI is InChI=1S/C24H28N6O4S2/c1-14-10-25-23(26-11-14)15(2)16(3)36(31,32)13-21-28-29-24(18-12-35-17(4)27-18)30(21)22-19(33-5)8-7-9-20(22)34-6/h7-12,15-16H,13H2,1-6H3/t15-,16-/m0/s1. The summed E-state index contributed by atoms with van der Waals surface area (Å²) < 4.78 is 40.1. The fraction of sp³-hybridized carbons (Fsp3) is 0.375. The van der Waals surface area contributed by atoms with Gasteiger partial charge < -0.3 is 9.47 Å². The zero-order valence-corrected chi connectivity index (χ0v) is 22.6. The number of aromatic nitrogens is 6. The Morgan fingerprint density at radius 3 is 2.22 bits per heavy atom. The van der Waals surface area contributed by atoms with Gasteiger partial charge in [-0.25, -0.2) is 23.4 Å². The quantitative estimate of drug-likeness (QED) is 0.318. The van der Waals surface area contributed by atoms with Crippen LogP contribution < -0.4 is 9.47 Å². The van der Waals surface area contributed by atoms with E-state index in [0.29, 0.717) is 34.5 Å². The van der Waals surface area contributed by atoms with Crippen molar-refractivity contribution in [2.24, 2.45) is 0 Å². The molecule has 0 aliphatic heterocycles. The molecule has 2 atom stereocenters. The van der Waals surface area contributed by atoms with Crippen LogP contribution >= 0.6 is 11.3 Å². The van der Waals surface area contributed by atoms with Crippen LogP contribution in [0.4, 0.5) is 0 Å². The van der Waals surface area contributed by atoms with Crippen LogP contribution in [0, 0.1) is 13.8 Å². The van der Waals surface area contributed by atoms with Gasteiger partial charge in [-0.15, -0.1) is 21.5 Å². The van der Waals surface area contributed by atoms with Crippen molar-refractivity contribution in [3.8, 4) is 28.7 Å². The van der Waals surface area contributed by atoms with Crippen LogP contribution in [0.15, 0.2) is 36.0 Å². The fourth-order valence-corrected chi connectivity index (χ4v) is 5.94. The summed E-state index contributed by atoms with van der Waals surface area (Å²) in [5.41, 5.74) is 1.99. The lowest BCUT2D eigenvalue weighted by atomic mass is 10.1. The third-order valence-electron chi connectivity index (χ3n) is 6.01. The van der Waals surface area contributed by atoms with Crippen molar-refractivity contribution in [3.05, 3.63) is 58.2 Å². The first-order chi connectivity index (χ1) is 17.2. The normalized spacial score (nSPS) is 13.4. The van der Waals surface area contributed by atoms with E-state index in [1.54, 1.807) is 42.1 Å². The first-order valence-electron chi connectivity index (χ1n) is 11.2. The summed E-state index contributed by atoms with van der Waals surface area (Å²) in [6.45, 7) is 7.25. The van der Waals surface area contributed by atoms with Crippen molar-refractivity contribution in [1.29, 1.82) is 0 Å². The van der Waals surface area contributed by atoms with Crippen molar-refractivity contribution >= 4 is 21.2 Å². The maximum atomic E-state index is 13.6. The number of sulfone groups is 1. The number of thiazole rings is 1. The molecule has 0 unspecified atom stereocenters. The second-order valence-electron chi connectivity index (χ2n) is 8.46. The molecule has 1 aromatic carbocycles. The Balaban J connectivity index is 1.81. The maximum absolute atomic E-state index is 13.6. The summed E-state index contributed by atoms with van der Waals surface area (Å²) in [7, 11) is -0.629. The number of para-hydroxylation sites is 1. The van der Waals surface area contributed by atoms with E-state index in [1.165, 1.54) is 25.6 Å². The lowest BCUT2D eigenvalue weighted by Crippen LogP contribution is -2.27. The molecular weight excluding hydrogens is 500 g/mol. The van der Waals surface area contributed by atoms with Crippen LogP contribution in [0.3, 0.4) is 0 Å². The molecule has 190 valence electrons. The van der Waals surface area contributed by atoms with Crippen LogP contribution in [-0.2, 0) is 15.6 Å². The molecule has 12 heteroatoms. The van der Waals surface area contributed by atoms with Crippen LogP contribution in [-0.4, -0.2) is 57.6 Å². The SMILES string of the molecule is COc1cccc(OC)c1-n1c(CS(=O)(=O)[C@@H](C)[C@H](C)c2ncc(C)cn2)nnc1-c1csc(C)n1. The monoisotopic (exact) mass is 528 g/mol. The number of methoxy groups -OCH3 is 2. The summed E-state index contributed by atoms with van der Waals surface area (Å²) >= 11 is 1.47. The van der Waals surface area contributed by atoms with Gasteiger partial charge in [0.05, 0.1) is 24.5 Å². The van der Waals surface area contributed by atoms with Gasteiger partial charge in [0.2, 0.25) is 0 Å². The van der Waals surface area contributed by atoms with Gasteiger partial charge in [0.1, 0.15) is 34.5 Å². The fourth-order valence-electron chi connectivity index (χ4n) is 3.80. The first kappa shape index (κ1) is 25.7. The number of benzene rings is 1. The lowest BCUT2D eigenvalue weighted by Gasteiger charge is -2.20. The number of ether oxygens (including phenoxy) is 2. The molecule has 0 saturated carbocycles. The molecule has 0 aliphatic rings. The van der Waals surface area contributed by atoms with Crippen LogP contribution in [0.2, 0.25) is 0 Å². The molecule has 10 nitrogen and oxygen atoms in total. The molecule has 0 N–H and O–H groups in total. The molecule has 3 aromatic heterocycles. The van der Waals surface area contributed by atoms with E-state index in [1.807, 2.05) is 26.2 Å². The van der Waals surface area contributed by atoms with E-state index >= 15 is 0 Å². The highest BCUT2D eigenvalue weighted by Gasteiger charge is 2.33. The molecule has 4 aromatic rings. The van der Waals surface area contributed by atoms with Crippen LogP contribution in [0.5, 0.6) is 11.5 Å². The average molecular weight is 529 g/mol. The summed E-state index contributed by atoms with van der Waals surface area (Å²) in [6.07, 6.45) is 3.37. The van der Waals surface area contributed by atoms with Gasteiger partial charge in [-0.1, -0.05) is 13.0 Å². The number of nitrogens with zero attached hydrogens (tertiary/aromatic N) is 6. The van der Waals surface area contributed by atoms with Crippen molar-refractivity contribution in [2.45, 2.75) is 44.6 Å². The predicted molar refractivity (Wildman–Crippen MR) is 138 cm³/mol. The minimum atomic E-state index is -3.71. The molecule has 36 heavy (non-hydrogen) atoms. The number of hydrogen-bond acceptors (Lipinski definition) is 10. The summed E-state index contributed by atoms with van der Waals surface area (Å²) in [6, 6.07) is 5.33. The number of rotatable bonds is 9. The topological polar surface area (TPSA) is 122 Å². The van der Waals surface area contributed by atoms with E-state index in [-0.39, 0.29) is 11.6 Å². The van der Waals surface area contributed by atoms with Crippen LogP contribution in [0.25, 0.3) is 17.2 Å². The highest BCUT2D eigenvalue weighted by atomic mass is 32.2. The Kier molecular flexibility index (Phi) is 7.36. The van der Waals surface area contributed by atoms with Gasteiger partial charge in [-0.2, -0.15) is 0 Å². The maximum Gasteiger partial charge on any atom is 0.188 e. The van der Waals surface area contributed by atoms with E-state index in [0.717, 1.165) is 10.6 Å². The van der Waals surface area contributed by atoms with Gasteiger partial charge in [-0.05, 0) is 38.5 Å². The third kappa shape index (κ3) is 4.96. The van der Waals surface area contributed by atoms with Crippen LogP contribution in [0.1, 0.15) is 42.0 Å². The Morgan fingerprint density at radius 1 is 1.03 bits per heavy atom. The van der Waals surface area contributed by atoms with Crippen molar-refractivity contribution < 1.29 is 17.9 Å². The largest absolute Gasteiger partial charge is 0.494 e. The second-order valence-corrected chi connectivity index (χ2v) is 11.9. The smallest absolute Gasteiger partial charge is 0.188 e. The molecule has 0 amide bonds. The van der Waals surface area contributed by atoms with E-state index in [4.69, 9.17) is 9.47 Å². The summed E-state index contributed by atoms with van der Waals surface area (Å²) in [4.78, 5) is 13.2. The third-order valence-corrected chi connectivity index (χ3v) is 8.99. The highest BCUT2D eigenvalue weighted by molar-refractivity contribution is 7.91. The number of hydrogen-bond donors (Lipinski definition) is 0. The van der Waals surface area contributed by atoms with Gasteiger partial charge in [0, 0.05) is 23.7 Å². The molecule has 0 radical (unpaired) electrons. The Hall–Kier alpha value is -3.38. The van der Waals surface area contributed by atoms with Gasteiger partial charge >= 0.3 is 0 Å². The minimum Gasteiger partial charge on any atom is -0.494 e. The molecular formula is C24H28N6O4S2. The molecule has 3 heterocycles. The zero-order chi connectivity index (χ0) is 26.0. The van der Waals surface area contributed by atoms with Crippen molar-refractivity contribution in [3.63, 3.8) is 0 Å². The molecule has 0 spiro atoms. The first-order valence-corrected chi connectivity index (χ1v) is 13.8. The molecule has 4 rings (SSSR count). The highest BCUT2D eigenvalue weighted by Crippen LogP contribution is 2.37. The Morgan fingerprint density at radius 2 is 1.67 bits per heavy atom. The second kappa shape index (κ2) is 10.3. The Bertz CT molecular complexity index is 1440. The molecule has 0 saturated heterocycles. The molecule has 0 aliphatic carbocycles. The van der Waals surface area contributed by atoms with Gasteiger partial charge in [0.15, 0.2) is 21.5 Å². The number of aryl methyl sites for hydroxylation is 2. The zero-order valence-electron chi connectivity index (χ0n) is 21.0. The molecule has 0 bridgehead atoms. The Labute approximate surface area is 214 Å². The van der Waals surface area contributed by atoms with E-state index < -0.39 is 21.0 Å². The van der Waals surface area contributed by atoms with Gasteiger partial charge in [0.25, 0.3) is 0 Å². The summed E-state index contributed by atoms with van der Waals surface area (Å²) in [5, 5.41) is 10.6. The molecule has 0 fully saturated rings. The summed E-state index contributed by atoms with van der Waals surface area (Å²) in [5.74, 6) is 1.28. The van der Waals surface area contributed by atoms with Crippen molar-refractivity contribution in [1.82, 2.24) is 29.7 Å². The van der Waals surface area contributed by atoms with Crippen molar-refractivity contribution in [2.75, 3.05) is 14.2 Å². The van der Waals surface area contributed by atoms with E-state index in [9.17, 15) is 8.42 Å². The predicted octanol–water partition coefficient (Wildman–Crippen LogP) is 3.92. The minimum absolute atomic E-state index is 0.224. The lowest BCUT2D eigenvalue weighted by molar-refractivity contribution is 0.390. The average Bonchev–Trinajstić information content (AvgIpc) is 3.48. The van der Waals surface area contributed by atoms with Gasteiger partial charge in [-0.3, -0.25) is 4.57 Å². The van der Waals surface area contributed by atoms with E-state index in [2.05, 4.69) is 25.1 Å².